The first kappa shape index (κ1) is 10.8. The van der Waals surface area contributed by atoms with E-state index < -0.39 is 4.92 Å². The lowest BCUT2D eigenvalue weighted by molar-refractivity contribution is -0.383. The van der Waals surface area contributed by atoms with Gasteiger partial charge in [-0.15, -0.1) is 0 Å². The Balaban J connectivity index is 2.40. The number of aromatic amines is 1. The van der Waals surface area contributed by atoms with Gasteiger partial charge in [-0.2, -0.15) is 0 Å². The molecule has 0 fully saturated rings. The molecule has 6 heteroatoms. The van der Waals surface area contributed by atoms with Gasteiger partial charge in [-0.05, 0) is 30.5 Å². The van der Waals surface area contributed by atoms with Gasteiger partial charge in [-0.1, -0.05) is 0 Å². The number of nitrogens with zero attached hydrogens (tertiary/aromatic N) is 1. The third kappa shape index (κ3) is 1.38. The van der Waals surface area contributed by atoms with Crippen molar-refractivity contribution in [3.63, 3.8) is 0 Å². The molecular weight excluding hydrogens is 234 g/mol. The maximum Gasteiger partial charge on any atom is 0.293 e. The van der Waals surface area contributed by atoms with E-state index in [9.17, 15) is 14.9 Å². The molecule has 0 saturated heterocycles. The first-order valence-corrected chi connectivity index (χ1v) is 5.65. The highest BCUT2D eigenvalue weighted by atomic mass is 16.6. The van der Waals surface area contributed by atoms with E-state index in [1.807, 2.05) is 13.0 Å². The Hall–Kier alpha value is -2.37. The number of nitrogens with one attached hydrogen (secondary N) is 2. The molecule has 1 aliphatic rings. The van der Waals surface area contributed by atoms with Crippen LogP contribution in [0.1, 0.15) is 21.6 Å². The van der Waals surface area contributed by atoms with Crippen LogP contribution in [0.3, 0.4) is 0 Å². The van der Waals surface area contributed by atoms with Crippen LogP contribution in [0.4, 0.5) is 5.69 Å². The second kappa shape index (κ2) is 3.56. The number of nitro groups is 1. The molecule has 2 heterocycles. The number of carbonyl (C=O) groups excluding carboxylic acids is 1. The van der Waals surface area contributed by atoms with Gasteiger partial charge in [0.15, 0.2) is 0 Å². The number of aryl methyl sites for hydroxylation is 1. The molecule has 0 atom stereocenters. The molecule has 2 aromatic rings. The van der Waals surface area contributed by atoms with Gasteiger partial charge >= 0.3 is 0 Å². The van der Waals surface area contributed by atoms with Gasteiger partial charge in [0.25, 0.3) is 11.6 Å². The lowest BCUT2D eigenvalue weighted by atomic mass is 10.0. The zero-order valence-electron chi connectivity index (χ0n) is 9.74. The predicted octanol–water partition coefficient (Wildman–Crippen LogP) is 1.67. The summed E-state index contributed by atoms with van der Waals surface area (Å²) in [6.07, 6.45) is 0.696. The average molecular weight is 245 g/mol. The van der Waals surface area contributed by atoms with Crippen molar-refractivity contribution >= 4 is 22.5 Å². The van der Waals surface area contributed by atoms with E-state index in [1.54, 1.807) is 0 Å². The standard InChI is InChI=1S/C12H11N3O3/c1-6-4-8-7-2-3-13-12(16)11(7)14-10(8)9(5-6)15(17)18/h4-5,14H,2-3H2,1H3,(H,13,16). The van der Waals surface area contributed by atoms with E-state index in [4.69, 9.17) is 0 Å². The Labute approximate surface area is 102 Å². The average Bonchev–Trinajstić information content (AvgIpc) is 2.68. The van der Waals surface area contributed by atoms with E-state index in [0.717, 1.165) is 16.5 Å². The molecule has 3 rings (SSSR count). The molecule has 0 bridgehead atoms. The number of nitro benzene ring substituents is 1. The minimum Gasteiger partial charge on any atom is -0.350 e. The summed E-state index contributed by atoms with van der Waals surface area (Å²) in [5.41, 5.74) is 2.60. The monoisotopic (exact) mass is 245 g/mol. The molecule has 0 unspecified atom stereocenters. The third-order valence-electron chi connectivity index (χ3n) is 3.22. The second-order valence-electron chi connectivity index (χ2n) is 4.45. The highest BCUT2D eigenvalue weighted by Crippen LogP contribution is 2.32. The van der Waals surface area contributed by atoms with E-state index in [0.29, 0.717) is 24.2 Å². The number of non-ortho nitro benzene ring substituents is 1. The zero-order valence-corrected chi connectivity index (χ0v) is 9.74. The van der Waals surface area contributed by atoms with Crippen molar-refractivity contribution in [2.75, 3.05) is 6.54 Å². The second-order valence-corrected chi connectivity index (χ2v) is 4.45. The Morgan fingerprint density at radius 2 is 2.17 bits per heavy atom. The van der Waals surface area contributed by atoms with E-state index in [2.05, 4.69) is 10.3 Å². The third-order valence-corrected chi connectivity index (χ3v) is 3.22. The fourth-order valence-corrected chi connectivity index (χ4v) is 2.46. The topological polar surface area (TPSA) is 88.0 Å². The van der Waals surface area contributed by atoms with Crippen molar-refractivity contribution in [3.05, 3.63) is 39.1 Å². The van der Waals surface area contributed by atoms with E-state index in [1.165, 1.54) is 6.07 Å². The molecule has 92 valence electrons. The van der Waals surface area contributed by atoms with Crippen molar-refractivity contribution in [1.29, 1.82) is 0 Å². The van der Waals surface area contributed by atoms with Gasteiger partial charge in [0, 0.05) is 18.0 Å². The SMILES string of the molecule is Cc1cc([N+](=O)[O-])c2[nH]c3c(c2c1)CCNC3=O. The maximum absolute atomic E-state index is 11.7. The summed E-state index contributed by atoms with van der Waals surface area (Å²) < 4.78 is 0. The summed E-state index contributed by atoms with van der Waals surface area (Å²) in [7, 11) is 0. The van der Waals surface area contributed by atoms with Gasteiger partial charge in [0.2, 0.25) is 0 Å². The van der Waals surface area contributed by atoms with Crippen LogP contribution in [0, 0.1) is 17.0 Å². The quantitative estimate of drug-likeness (QED) is 0.591. The Bertz CT molecular complexity index is 687. The lowest BCUT2D eigenvalue weighted by Gasteiger charge is -2.11. The number of carbonyl (C=O) groups is 1. The summed E-state index contributed by atoms with van der Waals surface area (Å²) in [6, 6.07) is 3.40. The number of benzene rings is 1. The number of amides is 1. The molecule has 0 aliphatic carbocycles. The molecule has 2 N–H and O–H groups in total. The first-order valence-electron chi connectivity index (χ1n) is 5.65. The van der Waals surface area contributed by atoms with Crippen LogP contribution in [0.15, 0.2) is 12.1 Å². The number of fused-ring (bicyclic) bond motifs is 3. The van der Waals surface area contributed by atoms with Crippen LogP contribution < -0.4 is 5.32 Å². The molecule has 0 spiro atoms. The highest BCUT2D eigenvalue weighted by Gasteiger charge is 2.25. The summed E-state index contributed by atoms with van der Waals surface area (Å²) in [6.45, 7) is 2.38. The molecule has 1 aliphatic heterocycles. The van der Waals surface area contributed by atoms with Crippen LogP contribution in [0.5, 0.6) is 0 Å². The molecular formula is C12H11N3O3. The van der Waals surface area contributed by atoms with Crippen LogP contribution in [-0.2, 0) is 6.42 Å². The molecule has 1 aromatic heterocycles. The fourth-order valence-electron chi connectivity index (χ4n) is 2.46. The Kier molecular flexibility index (Phi) is 2.13. The number of aromatic nitrogens is 1. The van der Waals surface area contributed by atoms with Crippen LogP contribution in [-0.4, -0.2) is 22.4 Å². The number of hydrogen-bond donors (Lipinski definition) is 2. The van der Waals surface area contributed by atoms with Crippen LogP contribution >= 0.6 is 0 Å². The molecule has 0 radical (unpaired) electrons. The van der Waals surface area contributed by atoms with Gasteiger partial charge in [-0.3, -0.25) is 14.9 Å². The summed E-state index contributed by atoms with van der Waals surface area (Å²) in [4.78, 5) is 25.2. The van der Waals surface area contributed by atoms with Gasteiger partial charge in [0.1, 0.15) is 11.2 Å². The smallest absolute Gasteiger partial charge is 0.293 e. The Morgan fingerprint density at radius 3 is 2.89 bits per heavy atom. The number of hydrogen-bond acceptors (Lipinski definition) is 3. The highest BCUT2D eigenvalue weighted by molar-refractivity contribution is 6.04. The van der Waals surface area contributed by atoms with Crippen LogP contribution in [0.25, 0.3) is 10.9 Å². The Morgan fingerprint density at radius 1 is 1.39 bits per heavy atom. The predicted molar refractivity (Wildman–Crippen MR) is 65.7 cm³/mol. The van der Waals surface area contributed by atoms with Crippen molar-refractivity contribution < 1.29 is 9.72 Å². The minimum atomic E-state index is -0.421. The molecule has 1 amide bonds. The van der Waals surface area contributed by atoms with Gasteiger partial charge in [-0.25, -0.2) is 0 Å². The number of H-pyrrole nitrogens is 1. The molecule has 0 saturated carbocycles. The zero-order chi connectivity index (χ0) is 12.9. The molecule has 1 aromatic carbocycles. The van der Waals surface area contributed by atoms with Crippen molar-refractivity contribution in [1.82, 2.24) is 10.3 Å². The fraction of sp³-hybridized carbons (Fsp3) is 0.250. The minimum absolute atomic E-state index is 0.0206. The normalized spacial score (nSPS) is 14.4. The molecule has 6 nitrogen and oxygen atoms in total. The van der Waals surface area contributed by atoms with Crippen molar-refractivity contribution in [2.45, 2.75) is 13.3 Å². The van der Waals surface area contributed by atoms with Gasteiger partial charge < -0.3 is 10.3 Å². The van der Waals surface area contributed by atoms with E-state index in [-0.39, 0.29) is 11.6 Å². The van der Waals surface area contributed by atoms with E-state index >= 15 is 0 Å². The van der Waals surface area contributed by atoms with Crippen LogP contribution in [0.2, 0.25) is 0 Å². The molecule has 18 heavy (non-hydrogen) atoms. The summed E-state index contributed by atoms with van der Waals surface area (Å²) in [5.74, 6) is -0.195. The number of rotatable bonds is 1. The van der Waals surface area contributed by atoms with Crippen molar-refractivity contribution in [2.24, 2.45) is 0 Å². The first-order chi connectivity index (χ1) is 8.58. The summed E-state index contributed by atoms with van der Waals surface area (Å²) >= 11 is 0. The lowest BCUT2D eigenvalue weighted by Crippen LogP contribution is -2.31. The van der Waals surface area contributed by atoms with Gasteiger partial charge in [0.05, 0.1) is 4.92 Å². The van der Waals surface area contributed by atoms with Crippen molar-refractivity contribution in [3.8, 4) is 0 Å². The largest absolute Gasteiger partial charge is 0.350 e. The summed E-state index contributed by atoms with van der Waals surface area (Å²) in [5, 5.41) is 14.6. The maximum atomic E-state index is 11.7.